The summed E-state index contributed by atoms with van der Waals surface area (Å²) >= 11 is 1.56. The fourth-order valence-corrected chi connectivity index (χ4v) is 4.31. The summed E-state index contributed by atoms with van der Waals surface area (Å²) in [6.45, 7) is 5.90. The molecule has 2 aliphatic rings. The highest BCUT2D eigenvalue weighted by Crippen LogP contribution is 2.33. The molecule has 0 bridgehead atoms. The number of hydrogen-bond donors (Lipinski definition) is 1. The fraction of sp³-hybridized carbons (Fsp3) is 0.647. The molecule has 0 aromatic carbocycles. The molecule has 4 amide bonds. The summed E-state index contributed by atoms with van der Waals surface area (Å²) in [6.07, 6.45) is 3.34. The first-order valence-corrected chi connectivity index (χ1v) is 9.59. The normalized spacial score (nSPS) is 26.9. The van der Waals surface area contributed by atoms with Crippen molar-refractivity contribution in [2.45, 2.75) is 58.0 Å². The molecule has 0 spiro atoms. The summed E-state index contributed by atoms with van der Waals surface area (Å²) in [6, 6.07) is -0.542. The van der Waals surface area contributed by atoms with E-state index in [1.54, 1.807) is 23.2 Å². The van der Waals surface area contributed by atoms with Gasteiger partial charge >= 0.3 is 6.03 Å². The first-order valence-electron chi connectivity index (χ1n) is 8.71. The van der Waals surface area contributed by atoms with Gasteiger partial charge < -0.3 is 10.2 Å². The van der Waals surface area contributed by atoms with Crippen molar-refractivity contribution in [1.82, 2.24) is 20.1 Å². The lowest BCUT2D eigenvalue weighted by molar-refractivity contribution is -0.141. The molecule has 136 valence electrons. The van der Waals surface area contributed by atoms with Crippen molar-refractivity contribution in [2.24, 2.45) is 0 Å². The number of carbonyl (C=O) groups excluding carboxylic acids is 3. The summed E-state index contributed by atoms with van der Waals surface area (Å²) in [4.78, 5) is 44.9. The van der Waals surface area contributed by atoms with E-state index in [1.807, 2.05) is 19.2 Å². The first-order chi connectivity index (χ1) is 11.9. The molecule has 2 fully saturated rings. The molecule has 1 N–H and O–H groups in total. The Morgan fingerprint density at radius 3 is 2.80 bits per heavy atom. The second kappa shape index (κ2) is 6.74. The van der Waals surface area contributed by atoms with E-state index in [0.29, 0.717) is 13.0 Å². The standard InChI is InChI=1S/C17H24N4O3S/c1-4-17(3)15(23)21(16(24)19-17)9-13(22)20-8-6-5-7-12(20)14-18-11(2)10-25-14/h10,12H,4-9H2,1-3H3,(H,19,24). The lowest BCUT2D eigenvalue weighted by Crippen LogP contribution is -2.47. The van der Waals surface area contributed by atoms with Crippen molar-refractivity contribution < 1.29 is 14.4 Å². The molecule has 3 rings (SSSR count). The minimum Gasteiger partial charge on any atom is -0.332 e. The zero-order valence-electron chi connectivity index (χ0n) is 14.9. The number of thiazole rings is 1. The van der Waals surface area contributed by atoms with Gasteiger partial charge in [0.05, 0.1) is 6.04 Å². The summed E-state index contributed by atoms with van der Waals surface area (Å²) in [5, 5.41) is 5.61. The van der Waals surface area contributed by atoms with Crippen LogP contribution in [0.1, 0.15) is 56.3 Å². The van der Waals surface area contributed by atoms with Gasteiger partial charge in [0.25, 0.3) is 5.91 Å². The van der Waals surface area contributed by atoms with Gasteiger partial charge in [-0.2, -0.15) is 0 Å². The Balaban J connectivity index is 1.75. The third kappa shape index (κ3) is 3.27. The van der Waals surface area contributed by atoms with Crippen LogP contribution >= 0.6 is 11.3 Å². The molecule has 1 aromatic heterocycles. The molecule has 1 aromatic rings. The molecule has 2 unspecified atom stereocenters. The maximum atomic E-state index is 12.9. The highest BCUT2D eigenvalue weighted by molar-refractivity contribution is 7.09. The Morgan fingerprint density at radius 1 is 1.44 bits per heavy atom. The van der Waals surface area contributed by atoms with E-state index in [4.69, 9.17) is 0 Å². The number of piperidine rings is 1. The molecular formula is C17H24N4O3S. The molecule has 8 heteroatoms. The maximum absolute atomic E-state index is 12.9. The van der Waals surface area contributed by atoms with Gasteiger partial charge in [0, 0.05) is 17.6 Å². The van der Waals surface area contributed by atoms with Gasteiger partial charge in [0.2, 0.25) is 5.91 Å². The molecular weight excluding hydrogens is 340 g/mol. The van der Waals surface area contributed by atoms with Crippen LogP contribution in [-0.2, 0) is 9.59 Å². The van der Waals surface area contributed by atoms with E-state index in [-0.39, 0.29) is 24.4 Å². The molecule has 0 aliphatic carbocycles. The monoisotopic (exact) mass is 364 g/mol. The Hall–Kier alpha value is -1.96. The number of aromatic nitrogens is 1. The molecule has 7 nitrogen and oxygen atoms in total. The number of amides is 4. The van der Waals surface area contributed by atoms with Gasteiger partial charge in [0.1, 0.15) is 17.1 Å². The van der Waals surface area contributed by atoms with Crippen LogP contribution in [0.15, 0.2) is 5.38 Å². The Kier molecular flexibility index (Phi) is 4.81. The number of imide groups is 1. The average molecular weight is 364 g/mol. The van der Waals surface area contributed by atoms with Crippen LogP contribution in [0.5, 0.6) is 0 Å². The van der Waals surface area contributed by atoms with Crippen LogP contribution in [-0.4, -0.2) is 51.3 Å². The minimum atomic E-state index is -0.912. The molecule has 0 saturated carbocycles. The average Bonchev–Trinajstić information content (AvgIpc) is 3.12. The number of aryl methyl sites for hydroxylation is 1. The summed E-state index contributed by atoms with van der Waals surface area (Å²) in [5.74, 6) is -0.520. The number of hydrogen-bond acceptors (Lipinski definition) is 5. The van der Waals surface area contributed by atoms with Gasteiger partial charge in [-0.05, 0) is 39.5 Å². The fourth-order valence-electron chi connectivity index (χ4n) is 3.37. The predicted octanol–water partition coefficient (Wildman–Crippen LogP) is 2.23. The van der Waals surface area contributed by atoms with Crippen LogP contribution in [0.4, 0.5) is 4.79 Å². The van der Waals surface area contributed by atoms with Crippen molar-refractivity contribution in [3.63, 3.8) is 0 Å². The topological polar surface area (TPSA) is 82.6 Å². The van der Waals surface area contributed by atoms with Crippen LogP contribution in [0.2, 0.25) is 0 Å². The first kappa shape index (κ1) is 17.8. The van der Waals surface area contributed by atoms with Crippen molar-refractivity contribution >= 4 is 29.2 Å². The molecule has 3 heterocycles. The van der Waals surface area contributed by atoms with Gasteiger partial charge in [-0.15, -0.1) is 11.3 Å². The lowest BCUT2D eigenvalue weighted by atomic mass is 9.99. The Bertz CT molecular complexity index is 704. The van der Waals surface area contributed by atoms with E-state index in [2.05, 4.69) is 10.3 Å². The summed E-state index contributed by atoms with van der Waals surface area (Å²) < 4.78 is 0. The SMILES string of the molecule is CCC1(C)NC(=O)N(CC(=O)N2CCCCC2c2nc(C)cs2)C1=O. The third-order valence-corrected chi connectivity index (χ3v) is 6.15. The van der Waals surface area contributed by atoms with Gasteiger partial charge in [-0.1, -0.05) is 6.92 Å². The van der Waals surface area contributed by atoms with Gasteiger partial charge in [-0.3, -0.25) is 14.5 Å². The predicted molar refractivity (Wildman–Crippen MR) is 94.1 cm³/mol. The zero-order chi connectivity index (χ0) is 18.2. The maximum Gasteiger partial charge on any atom is 0.325 e. The highest BCUT2D eigenvalue weighted by Gasteiger charge is 2.47. The van der Waals surface area contributed by atoms with Gasteiger partial charge in [0.15, 0.2) is 0 Å². The molecule has 2 atom stereocenters. The smallest absolute Gasteiger partial charge is 0.325 e. The molecule has 2 aliphatic heterocycles. The minimum absolute atomic E-state index is 0.0572. The molecule has 25 heavy (non-hydrogen) atoms. The second-order valence-electron chi connectivity index (χ2n) is 6.93. The van der Waals surface area contributed by atoms with E-state index in [9.17, 15) is 14.4 Å². The highest BCUT2D eigenvalue weighted by atomic mass is 32.1. The Morgan fingerprint density at radius 2 is 2.20 bits per heavy atom. The lowest BCUT2D eigenvalue weighted by Gasteiger charge is -2.35. The van der Waals surface area contributed by atoms with Crippen LogP contribution < -0.4 is 5.32 Å². The van der Waals surface area contributed by atoms with Crippen molar-refractivity contribution in [2.75, 3.05) is 13.1 Å². The number of rotatable bonds is 4. The number of nitrogens with one attached hydrogen (secondary N) is 1. The van der Waals surface area contributed by atoms with E-state index < -0.39 is 11.6 Å². The quantitative estimate of drug-likeness (QED) is 0.831. The van der Waals surface area contributed by atoms with Crippen LogP contribution in [0, 0.1) is 6.92 Å². The number of likely N-dealkylation sites (tertiary alicyclic amines) is 1. The van der Waals surface area contributed by atoms with E-state index in [0.717, 1.165) is 34.9 Å². The van der Waals surface area contributed by atoms with Crippen molar-refractivity contribution in [1.29, 1.82) is 0 Å². The summed E-state index contributed by atoms with van der Waals surface area (Å²) in [7, 11) is 0. The molecule has 0 radical (unpaired) electrons. The largest absolute Gasteiger partial charge is 0.332 e. The Labute approximate surface area is 151 Å². The number of carbonyl (C=O) groups is 3. The van der Waals surface area contributed by atoms with E-state index >= 15 is 0 Å². The number of urea groups is 1. The van der Waals surface area contributed by atoms with Crippen molar-refractivity contribution in [3.8, 4) is 0 Å². The van der Waals surface area contributed by atoms with Gasteiger partial charge in [-0.25, -0.2) is 9.78 Å². The second-order valence-corrected chi connectivity index (χ2v) is 7.82. The van der Waals surface area contributed by atoms with Crippen molar-refractivity contribution in [3.05, 3.63) is 16.1 Å². The number of nitrogens with zero attached hydrogens (tertiary/aromatic N) is 3. The molecule has 2 saturated heterocycles. The summed E-state index contributed by atoms with van der Waals surface area (Å²) in [5.41, 5.74) is 0.0382. The zero-order valence-corrected chi connectivity index (χ0v) is 15.7. The van der Waals surface area contributed by atoms with Crippen LogP contribution in [0.25, 0.3) is 0 Å². The third-order valence-electron chi connectivity index (χ3n) is 5.09. The van der Waals surface area contributed by atoms with Crippen LogP contribution in [0.3, 0.4) is 0 Å². The van der Waals surface area contributed by atoms with E-state index in [1.165, 1.54) is 0 Å².